The quantitative estimate of drug-likeness (QED) is 0.504. The molecule has 12 heteroatoms. The first-order valence-corrected chi connectivity index (χ1v) is 12.4. The Morgan fingerprint density at radius 2 is 2.03 bits per heavy atom. The SMILES string of the molecule is COc1cc2c(cc1C(=O)Nc1cccc(-c3nncn3C(C)C)n1)CN(C(=O)CN1CCOC1=O)CC2. The van der Waals surface area contributed by atoms with Gasteiger partial charge in [-0.05, 0) is 55.7 Å². The van der Waals surface area contributed by atoms with Gasteiger partial charge in [0, 0.05) is 19.1 Å². The van der Waals surface area contributed by atoms with Crippen molar-refractivity contribution in [1.82, 2.24) is 29.5 Å². The molecule has 2 aliphatic heterocycles. The predicted octanol–water partition coefficient (Wildman–Crippen LogP) is 2.52. The lowest BCUT2D eigenvalue weighted by atomic mass is 9.96. The van der Waals surface area contributed by atoms with Gasteiger partial charge in [-0.2, -0.15) is 0 Å². The molecule has 3 amide bonds. The van der Waals surface area contributed by atoms with Crippen molar-refractivity contribution in [3.63, 3.8) is 0 Å². The van der Waals surface area contributed by atoms with E-state index in [0.717, 1.165) is 11.1 Å². The number of cyclic esters (lactones) is 1. The number of amides is 3. The number of rotatable bonds is 7. The maximum atomic E-state index is 13.3. The number of carbonyl (C=O) groups is 3. The molecule has 5 rings (SSSR count). The molecular formula is C26H29N7O5. The molecule has 2 aliphatic rings. The Hall–Kier alpha value is -4.48. The zero-order chi connectivity index (χ0) is 26.8. The molecule has 1 N–H and O–H groups in total. The van der Waals surface area contributed by atoms with E-state index in [1.807, 2.05) is 30.5 Å². The lowest BCUT2D eigenvalue weighted by Crippen LogP contribution is -2.43. The van der Waals surface area contributed by atoms with E-state index in [2.05, 4.69) is 20.5 Å². The molecule has 12 nitrogen and oxygen atoms in total. The summed E-state index contributed by atoms with van der Waals surface area (Å²) in [6.07, 6.45) is 1.79. The van der Waals surface area contributed by atoms with Gasteiger partial charge in [-0.15, -0.1) is 10.2 Å². The minimum absolute atomic E-state index is 0.0236. The van der Waals surface area contributed by atoms with E-state index in [4.69, 9.17) is 9.47 Å². The molecular weight excluding hydrogens is 490 g/mol. The van der Waals surface area contributed by atoms with Crippen LogP contribution < -0.4 is 10.1 Å². The number of hydrogen-bond donors (Lipinski definition) is 1. The van der Waals surface area contributed by atoms with E-state index in [1.54, 1.807) is 29.4 Å². The molecule has 0 bridgehead atoms. The number of nitrogens with zero attached hydrogens (tertiary/aromatic N) is 6. The lowest BCUT2D eigenvalue weighted by molar-refractivity contribution is -0.132. The molecule has 1 aromatic carbocycles. The van der Waals surface area contributed by atoms with E-state index in [9.17, 15) is 14.4 Å². The molecule has 3 aromatic rings. The van der Waals surface area contributed by atoms with Crippen LogP contribution in [0.25, 0.3) is 11.5 Å². The van der Waals surface area contributed by atoms with Gasteiger partial charge in [-0.3, -0.25) is 14.5 Å². The highest BCUT2D eigenvalue weighted by Gasteiger charge is 2.29. The van der Waals surface area contributed by atoms with Gasteiger partial charge in [-0.25, -0.2) is 9.78 Å². The third kappa shape index (κ3) is 5.01. The first kappa shape index (κ1) is 25.2. The molecule has 0 radical (unpaired) electrons. The number of aromatic nitrogens is 4. The van der Waals surface area contributed by atoms with Crippen LogP contribution in [0.4, 0.5) is 10.6 Å². The van der Waals surface area contributed by atoms with Crippen molar-refractivity contribution in [3.05, 3.63) is 53.3 Å². The van der Waals surface area contributed by atoms with E-state index in [1.165, 1.54) is 12.0 Å². The summed E-state index contributed by atoms with van der Waals surface area (Å²) in [6, 6.07) is 9.06. The van der Waals surface area contributed by atoms with Gasteiger partial charge in [0.05, 0.1) is 19.2 Å². The summed E-state index contributed by atoms with van der Waals surface area (Å²) in [5, 5.41) is 11.0. The number of hydrogen-bond acceptors (Lipinski definition) is 8. The standard InChI is InChI=1S/C26H29N7O5/c1-16(2)33-15-27-30-24(33)20-5-4-6-22(28-20)29-25(35)19-11-18-13-31(8-7-17(18)12-21(19)37-3)23(34)14-32-9-10-38-26(32)36/h4-6,11-12,15-16H,7-10,13-14H2,1-3H3,(H,28,29,35). The van der Waals surface area contributed by atoms with Crippen LogP contribution in [0.2, 0.25) is 0 Å². The van der Waals surface area contributed by atoms with E-state index < -0.39 is 6.09 Å². The third-order valence-electron chi connectivity index (χ3n) is 6.65. The number of benzene rings is 1. The molecule has 0 atom stereocenters. The van der Waals surface area contributed by atoms with Crippen molar-refractivity contribution >= 4 is 23.7 Å². The zero-order valence-electron chi connectivity index (χ0n) is 21.5. The Labute approximate surface area is 219 Å². The van der Waals surface area contributed by atoms with Crippen molar-refractivity contribution in [3.8, 4) is 17.3 Å². The second-order valence-corrected chi connectivity index (χ2v) is 9.44. The van der Waals surface area contributed by atoms with Gasteiger partial charge >= 0.3 is 6.09 Å². The van der Waals surface area contributed by atoms with Gasteiger partial charge in [-0.1, -0.05) is 6.07 Å². The highest BCUT2D eigenvalue weighted by molar-refractivity contribution is 6.06. The van der Waals surface area contributed by atoms with E-state index in [-0.39, 0.29) is 24.4 Å². The molecule has 1 saturated heterocycles. The summed E-state index contributed by atoms with van der Waals surface area (Å²) < 4.78 is 12.3. The Morgan fingerprint density at radius 3 is 2.76 bits per heavy atom. The Morgan fingerprint density at radius 1 is 1.18 bits per heavy atom. The summed E-state index contributed by atoms with van der Waals surface area (Å²) in [5.74, 6) is 0.861. The van der Waals surface area contributed by atoms with Gasteiger partial charge < -0.3 is 24.3 Å². The summed E-state index contributed by atoms with van der Waals surface area (Å²) >= 11 is 0. The Kier molecular flexibility index (Phi) is 6.95. The average molecular weight is 520 g/mol. The molecule has 4 heterocycles. The second-order valence-electron chi connectivity index (χ2n) is 9.44. The molecule has 1 fully saturated rings. The lowest BCUT2D eigenvalue weighted by Gasteiger charge is -2.30. The first-order chi connectivity index (χ1) is 18.3. The monoisotopic (exact) mass is 519 g/mol. The second kappa shape index (κ2) is 10.5. The molecule has 0 saturated carbocycles. The highest BCUT2D eigenvalue weighted by Crippen LogP contribution is 2.29. The summed E-state index contributed by atoms with van der Waals surface area (Å²) in [4.78, 5) is 45.6. The van der Waals surface area contributed by atoms with Gasteiger partial charge in [0.25, 0.3) is 5.91 Å². The molecule has 2 aromatic heterocycles. The predicted molar refractivity (Wildman–Crippen MR) is 137 cm³/mol. The average Bonchev–Trinajstić information content (AvgIpc) is 3.57. The van der Waals surface area contributed by atoms with Crippen molar-refractivity contribution in [1.29, 1.82) is 0 Å². The van der Waals surface area contributed by atoms with Crippen LogP contribution in [0.3, 0.4) is 0 Å². The minimum Gasteiger partial charge on any atom is -0.496 e. The highest BCUT2D eigenvalue weighted by atomic mass is 16.6. The fourth-order valence-corrected chi connectivity index (χ4v) is 4.59. The van der Waals surface area contributed by atoms with Crippen molar-refractivity contribution in [2.45, 2.75) is 32.9 Å². The van der Waals surface area contributed by atoms with Crippen LogP contribution in [0.1, 0.15) is 41.4 Å². The number of fused-ring (bicyclic) bond motifs is 1. The number of carbonyl (C=O) groups excluding carboxylic acids is 3. The van der Waals surface area contributed by atoms with Crippen LogP contribution in [0, 0.1) is 0 Å². The maximum absolute atomic E-state index is 13.3. The number of pyridine rings is 1. The van der Waals surface area contributed by atoms with Crippen molar-refractivity contribution < 1.29 is 23.9 Å². The molecule has 0 unspecified atom stereocenters. The molecule has 0 aliphatic carbocycles. The van der Waals surface area contributed by atoms with E-state index in [0.29, 0.717) is 61.3 Å². The fraction of sp³-hybridized carbons (Fsp3) is 0.385. The Bertz CT molecular complexity index is 1390. The summed E-state index contributed by atoms with van der Waals surface area (Å²) in [5.41, 5.74) is 2.78. The van der Waals surface area contributed by atoms with Crippen molar-refractivity contribution in [2.24, 2.45) is 0 Å². The summed E-state index contributed by atoms with van der Waals surface area (Å²) in [6.45, 7) is 5.57. The van der Waals surface area contributed by atoms with Crippen molar-refractivity contribution in [2.75, 3.05) is 38.7 Å². The van der Waals surface area contributed by atoms with Crippen LogP contribution in [-0.2, 0) is 22.5 Å². The molecule has 38 heavy (non-hydrogen) atoms. The van der Waals surface area contributed by atoms with Crippen LogP contribution in [-0.4, -0.2) is 80.8 Å². The number of nitrogens with one attached hydrogen (secondary N) is 1. The Balaban J connectivity index is 1.34. The zero-order valence-corrected chi connectivity index (χ0v) is 21.5. The fourth-order valence-electron chi connectivity index (χ4n) is 4.59. The number of anilines is 1. The largest absolute Gasteiger partial charge is 0.496 e. The van der Waals surface area contributed by atoms with Gasteiger partial charge in [0.2, 0.25) is 5.91 Å². The minimum atomic E-state index is -0.471. The topological polar surface area (TPSA) is 132 Å². The van der Waals surface area contributed by atoms with Crippen LogP contribution in [0.5, 0.6) is 5.75 Å². The normalized spacial score (nSPS) is 14.9. The van der Waals surface area contributed by atoms with Crippen LogP contribution in [0.15, 0.2) is 36.7 Å². The number of methoxy groups -OCH3 is 1. The van der Waals surface area contributed by atoms with Gasteiger partial charge in [0.1, 0.15) is 36.7 Å². The van der Waals surface area contributed by atoms with Gasteiger partial charge in [0.15, 0.2) is 5.82 Å². The summed E-state index contributed by atoms with van der Waals surface area (Å²) in [7, 11) is 1.52. The first-order valence-electron chi connectivity index (χ1n) is 12.4. The maximum Gasteiger partial charge on any atom is 0.410 e. The molecule has 0 spiro atoms. The third-order valence-corrected chi connectivity index (χ3v) is 6.65. The molecule has 198 valence electrons. The number of ether oxygens (including phenoxy) is 2. The van der Waals surface area contributed by atoms with E-state index >= 15 is 0 Å². The van der Waals surface area contributed by atoms with Crippen LogP contribution >= 0.6 is 0 Å². The smallest absolute Gasteiger partial charge is 0.410 e.